The molecule has 0 aliphatic carbocycles. The Morgan fingerprint density at radius 1 is 1.05 bits per heavy atom. The fourth-order valence-corrected chi connectivity index (χ4v) is 1.84. The Labute approximate surface area is 115 Å². The maximum Gasteiger partial charge on any atom is 0.199 e. The van der Waals surface area contributed by atoms with Gasteiger partial charge in [0.05, 0.1) is 25.3 Å². The third-order valence-corrected chi connectivity index (χ3v) is 2.86. The number of hydrogen-bond donors (Lipinski definition) is 1. The van der Waals surface area contributed by atoms with Gasteiger partial charge in [0.1, 0.15) is 11.6 Å². The van der Waals surface area contributed by atoms with Gasteiger partial charge in [0.15, 0.2) is 17.3 Å². The van der Waals surface area contributed by atoms with Gasteiger partial charge in [-0.1, -0.05) is 12.1 Å². The smallest absolute Gasteiger partial charge is 0.199 e. The zero-order chi connectivity index (χ0) is 14.7. The van der Waals surface area contributed by atoms with Crippen molar-refractivity contribution in [3.63, 3.8) is 0 Å². The monoisotopic (exact) mass is 276 g/mol. The Morgan fingerprint density at radius 3 is 2.25 bits per heavy atom. The largest absolute Gasteiger partial charge is 0.507 e. The van der Waals surface area contributed by atoms with Gasteiger partial charge >= 0.3 is 0 Å². The predicted molar refractivity (Wildman–Crippen MR) is 71.0 cm³/mol. The molecule has 0 aromatic heterocycles. The van der Waals surface area contributed by atoms with Gasteiger partial charge in [-0.05, 0) is 18.2 Å². The number of rotatable bonds is 4. The van der Waals surface area contributed by atoms with E-state index in [1.807, 2.05) is 0 Å². The summed E-state index contributed by atoms with van der Waals surface area (Å²) in [5.74, 6) is -0.996. The third kappa shape index (κ3) is 2.42. The lowest BCUT2D eigenvalue weighted by Gasteiger charge is -2.11. The van der Waals surface area contributed by atoms with Crippen molar-refractivity contribution in [2.75, 3.05) is 14.2 Å². The van der Waals surface area contributed by atoms with Gasteiger partial charge in [-0.3, -0.25) is 4.79 Å². The lowest BCUT2D eigenvalue weighted by Crippen LogP contribution is -2.05. The fourth-order valence-electron chi connectivity index (χ4n) is 1.84. The molecule has 0 bridgehead atoms. The highest BCUT2D eigenvalue weighted by Crippen LogP contribution is 2.35. The minimum absolute atomic E-state index is 0.0484. The molecule has 5 heteroatoms. The molecule has 0 saturated carbocycles. The number of ketones is 1. The zero-order valence-corrected chi connectivity index (χ0v) is 11.0. The summed E-state index contributed by atoms with van der Waals surface area (Å²) in [7, 11) is 2.82. The fraction of sp³-hybridized carbons (Fsp3) is 0.133. The van der Waals surface area contributed by atoms with Gasteiger partial charge in [0.2, 0.25) is 0 Å². The zero-order valence-electron chi connectivity index (χ0n) is 11.0. The van der Waals surface area contributed by atoms with Crippen molar-refractivity contribution in [1.29, 1.82) is 0 Å². The SMILES string of the molecule is COc1cc(O)c(C(=O)c2ccccc2F)cc1OC. The molecule has 0 unspecified atom stereocenters. The summed E-state index contributed by atoms with van der Waals surface area (Å²) < 4.78 is 23.7. The first kappa shape index (κ1) is 13.9. The van der Waals surface area contributed by atoms with Crippen LogP contribution < -0.4 is 9.47 Å². The van der Waals surface area contributed by atoms with E-state index < -0.39 is 11.6 Å². The number of phenolic OH excluding ortho intramolecular Hbond substituents is 1. The van der Waals surface area contributed by atoms with Crippen molar-refractivity contribution in [3.05, 3.63) is 53.3 Å². The van der Waals surface area contributed by atoms with Crippen molar-refractivity contribution >= 4 is 5.78 Å². The minimum atomic E-state index is -0.647. The molecule has 0 radical (unpaired) electrons. The summed E-state index contributed by atoms with van der Waals surface area (Å²) in [6.07, 6.45) is 0. The van der Waals surface area contributed by atoms with Crippen LogP contribution in [0.15, 0.2) is 36.4 Å². The molecule has 0 atom stereocenters. The highest BCUT2D eigenvalue weighted by Gasteiger charge is 2.20. The first-order valence-electron chi connectivity index (χ1n) is 5.82. The number of ether oxygens (including phenoxy) is 2. The van der Waals surface area contributed by atoms with Gasteiger partial charge in [0, 0.05) is 6.07 Å². The molecule has 1 N–H and O–H groups in total. The highest BCUT2D eigenvalue weighted by molar-refractivity contribution is 6.11. The number of carbonyl (C=O) groups is 1. The Balaban J connectivity index is 2.53. The maximum absolute atomic E-state index is 13.6. The molecular weight excluding hydrogens is 263 g/mol. The average molecular weight is 276 g/mol. The quantitative estimate of drug-likeness (QED) is 0.872. The van der Waals surface area contributed by atoms with Crippen LogP contribution in [0.3, 0.4) is 0 Å². The van der Waals surface area contributed by atoms with E-state index >= 15 is 0 Å². The second-order valence-electron chi connectivity index (χ2n) is 4.03. The van der Waals surface area contributed by atoms with Crippen LogP contribution in [0.25, 0.3) is 0 Å². The van der Waals surface area contributed by atoms with Gasteiger partial charge in [-0.15, -0.1) is 0 Å². The molecule has 0 fully saturated rings. The van der Waals surface area contributed by atoms with Gasteiger partial charge in [-0.2, -0.15) is 0 Å². The summed E-state index contributed by atoms with van der Waals surface area (Å²) in [6.45, 7) is 0. The molecule has 0 aliphatic heterocycles. The van der Waals surface area contributed by atoms with Crippen molar-refractivity contribution in [1.82, 2.24) is 0 Å². The van der Waals surface area contributed by atoms with Crippen molar-refractivity contribution in [3.8, 4) is 17.2 Å². The van der Waals surface area contributed by atoms with Crippen LogP contribution in [0.2, 0.25) is 0 Å². The third-order valence-electron chi connectivity index (χ3n) is 2.86. The van der Waals surface area contributed by atoms with Crippen LogP contribution in [-0.2, 0) is 0 Å². The molecule has 0 aliphatic rings. The van der Waals surface area contributed by atoms with Crippen LogP contribution >= 0.6 is 0 Å². The topological polar surface area (TPSA) is 55.8 Å². The number of phenols is 1. The summed E-state index contributed by atoms with van der Waals surface area (Å²) >= 11 is 0. The van der Waals surface area contributed by atoms with Crippen LogP contribution in [0, 0.1) is 5.82 Å². The van der Waals surface area contributed by atoms with E-state index in [1.165, 1.54) is 44.6 Å². The Kier molecular flexibility index (Phi) is 3.89. The van der Waals surface area contributed by atoms with Gasteiger partial charge < -0.3 is 14.6 Å². The van der Waals surface area contributed by atoms with E-state index in [0.717, 1.165) is 0 Å². The van der Waals surface area contributed by atoms with Gasteiger partial charge in [0.25, 0.3) is 0 Å². The van der Waals surface area contributed by atoms with Crippen LogP contribution in [0.1, 0.15) is 15.9 Å². The van der Waals surface area contributed by atoms with E-state index in [4.69, 9.17) is 9.47 Å². The van der Waals surface area contributed by atoms with Gasteiger partial charge in [-0.25, -0.2) is 4.39 Å². The highest BCUT2D eigenvalue weighted by atomic mass is 19.1. The number of carbonyl (C=O) groups excluding carboxylic acids is 1. The van der Waals surface area contributed by atoms with Crippen LogP contribution in [0.5, 0.6) is 17.2 Å². The molecule has 0 heterocycles. The second kappa shape index (κ2) is 5.61. The standard InChI is InChI=1S/C15H13FO4/c1-19-13-7-10(12(17)8-14(13)20-2)15(18)9-5-3-4-6-11(9)16/h3-8,17H,1-2H3. The number of benzene rings is 2. The molecule has 2 aromatic rings. The van der Waals surface area contributed by atoms with E-state index in [9.17, 15) is 14.3 Å². The first-order valence-corrected chi connectivity index (χ1v) is 5.82. The molecule has 0 saturated heterocycles. The van der Waals surface area contributed by atoms with Crippen molar-refractivity contribution in [2.45, 2.75) is 0 Å². The Hall–Kier alpha value is -2.56. The molecular formula is C15H13FO4. The number of hydrogen-bond acceptors (Lipinski definition) is 4. The van der Waals surface area contributed by atoms with Crippen LogP contribution in [-0.4, -0.2) is 25.1 Å². The number of halogens is 1. The molecule has 4 nitrogen and oxygen atoms in total. The summed E-state index contributed by atoms with van der Waals surface area (Å²) in [5.41, 5.74) is -0.164. The molecule has 104 valence electrons. The normalized spacial score (nSPS) is 10.2. The lowest BCUT2D eigenvalue weighted by molar-refractivity contribution is 0.103. The maximum atomic E-state index is 13.6. The van der Waals surface area contributed by atoms with E-state index in [0.29, 0.717) is 0 Å². The summed E-state index contributed by atoms with van der Waals surface area (Å²) in [5, 5.41) is 9.89. The lowest BCUT2D eigenvalue weighted by atomic mass is 10.0. The van der Waals surface area contributed by atoms with Crippen LogP contribution in [0.4, 0.5) is 4.39 Å². The number of methoxy groups -OCH3 is 2. The Morgan fingerprint density at radius 2 is 1.65 bits per heavy atom. The number of aromatic hydroxyl groups is 1. The summed E-state index contributed by atoms with van der Waals surface area (Å²) in [4.78, 5) is 12.3. The molecule has 20 heavy (non-hydrogen) atoms. The predicted octanol–water partition coefficient (Wildman–Crippen LogP) is 2.78. The molecule has 0 spiro atoms. The average Bonchev–Trinajstić information content (AvgIpc) is 2.46. The molecule has 0 amide bonds. The second-order valence-corrected chi connectivity index (χ2v) is 4.03. The Bertz CT molecular complexity index is 652. The van der Waals surface area contributed by atoms with E-state index in [-0.39, 0.29) is 28.4 Å². The molecule has 2 aromatic carbocycles. The van der Waals surface area contributed by atoms with E-state index in [2.05, 4.69) is 0 Å². The minimum Gasteiger partial charge on any atom is -0.507 e. The molecule has 2 rings (SSSR count). The first-order chi connectivity index (χ1) is 9.58. The summed E-state index contributed by atoms with van der Waals surface area (Å²) in [6, 6.07) is 8.16. The van der Waals surface area contributed by atoms with Crippen molar-refractivity contribution < 1.29 is 23.8 Å². The van der Waals surface area contributed by atoms with Crippen molar-refractivity contribution in [2.24, 2.45) is 0 Å². The van der Waals surface area contributed by atoms with E-state index in [1.54, 1.807) is 6.07 Å².